The number of hydrogen-bond donors (Lipinski definition) is 1. The Balaban J connectivity index is 1.75. The first kappa shape index (κ1) is 12.0. The van der Waals surface area contributed by atoms with E-state index in [-0.39, 0.29) is 0 Å². The minimum absolute atomic E-state index is 0.571. The van der Waals surface area contributed by atoms with Crippen molar-refractivity contribution in [3.05, 3.63) is 29.3 Å². The lowest BCUT2D eigenvalue weighted by Crippen LogP contribution is -2.28. The number of methoxy groups -OCH3 is 1. The van der Waals surface area contributed by atoms with Crippen molar-refractivity contribution < 1.29 is 4.74 Å². The molecule has 0 bridgehead atoms. The van der Waals surface area contributed by atoms with E-state index in [2.05, 4.69) is 30.4 Å². The molecule has 1 fully saturated rings. The van der Waals surface area contributed by atoms with Gasteiger partial charge in [-0.25, -0.2) is 0 Å². The Morgan fingerprint density at radius 1 is 1.39 bits per heavy atom. The lowest BCUT2D eigenvalue weighted by atomic mass is 9.87. The van der Waals surface area contributed by atoms with Crippen LogP contribution in [0.1, 0.15) is 49.8 Å². The van der Waals surface area contributed by atoms with Crippen molar-refractivity contribution in [3.63, 3.8) is 0 Å². The van der Waals surface area contributed by atoms with Crippen LogP contribution in [-0.2, 0) is 6.42 Å². The molecule has 0 aliphatic heterocycles. The minimum Gasteiger partial charge on any atom is -0.497 e. The average Bonchev–Trinajstić information content (AvgIpc) is 3.17. The van der Waals surface area contributed by atoms with Gasteiger partial charge in [-0.3, -0.25) is 0 Å². The highest BCUT2D eigenvalue weighted by atomic mass is 16.5. The average molecular weight is 245 g/mol. The van der Waals surface area contributed by atoms with Crippen LogP contribution in [0.5, 0.6) is 5.75 Å². The van der Waals surface area contributed by atoms with E-state index >= 15 is 0 Å². The summed E-state index contributed by atoms with van der Waals surface area (Å²) in [5.74, 6) is 1.92. The predicted octanol–water partition coefficient (Wildman–Crippen LogP) is 3.46. The molecule has 1 N–H and O–H groups in total. The molecule has 3 rings (SSSR count). The van der Waals surface area contributed by atoms with Crippen LogP contribution in [0, 0.1) is 5.92 Å². The maximum Gasteiger partial charge on any atom is 0.119 e. The molecule has 0 saturated heterocycles. The summed E-state index contributed by atoms with van der Waals surface area (Å²) in [6.45, 7) is 2.30. The smallest absolute Gasteiger partial charge is 0.119 e. The largest absolute Gasteiger partial charge is 0.497 e. The van der Waals surface area contributed by atoms with Crippen LogP contribution < -0.4 is 10.1 Å². The van der Waals surface area contributed by atoms with Gasteiger partial charge < -0.3 is 10.1 Å². The Morgan fingerprint density at radius 2 is 2.28 bits per heavy atom. The van der Waals surface area contributed by atoms with E-state index < -0.39 is 0 Å². The summed E-state index contributed by atoms with van der Waals surface area (Å²) in [5, 5.41) is 3.85. The second-order valence-electron chi connectivity index (χ2n) is 5.69. The van der Waals surface area contributed by atoms with Gasteiger partial charge in [0.25, 0.3) is 0 Å². The van der Waals surface area contributed by atoms with Gasteiger partial charge in [0.2, 0.25) is 0 Å². The Bertz CT molecular complexity index is 429. The Kier molecular flexibility index (Phi) is 3.29. The number of aryl methyl sites for hydroxylation is 1. The molecule has 0 aromatic heterocycles. The van der Waals surface area contributed by atoms with Gasteiger partial charge in [-0.2, -0.15) is 0 Å². The number of fused-ring (bicyclic) bond motifs is 1. The van der Waals surface area contributed by atoms with Gasteiger partial charge in [-0.15, -0.1) is 0 Å². The first-order valence-electron chi connectivity index (χ1n) is 7.24. The fourth-order valence-electron chi connectivity index (χ4n) is 3.25. The monoisotopic (exact) mass is 245 g/mol. The highest BCUT2D eigenvalue weighted by molar-refractivity contribution is 5.39. The lowest BCUT2D eigenvalue weighted by molar-refractivity contribution is 0.409. The number of rotatable bonds is 4. The van der Waals surface area contributed by atoms with E-state index in [0.29, 0.717) is 6.04 Å². The summed E-state index contributed by atoms with van der Waals surface area (Å²) < 4.78 is 5.32. The molecule has 98 valence electrons. The maximum atomic E-state index is 5.32. The van der Waals surface area contributed by atoms with Crippen molar-refractivity contribution in [2.75, 3.05) is 7.11 Å². The maximum absolute atomic E-state index is 5.32. The normalized spacial score (nSPS) is 29.8. The molecular formula is C16H23NO. The van der Waals surface area contributed by atoms with Crippen LogP contribution in [0.15, 0.2) is 18.2 Å². The van der Waals surface area contributed by atoms with Gasteiger partial charge in [0.05, 0.1) is 7.11 Å². The van der Waals surface area contributed by atoms with Gasteiger partial charge in [0.1, 0.15) is 5.75 Å². The molecular weight excluding hydrogens is 222 g/mol. The van der Waals surface area contributed by atoms with Gasteiger partial charge in [0, 0.05) is 12.1 Å². The van der Waals surface area contributed by atoms with E-state index in [0.717, 1.165) is 17.7 Å². The molecule has 1 saturated carbocycles. The fourth-order valence-corrected chi connectivity index (χ4v) is 3.25. The number of nitrogens with one attached hydrogen (secondary N) is 1. The third-order valence-corrected chi connectivity index (χ3v) is 4.53. The van der Waals surface area contributed by atoms with E-state index in [1.165, 1.54) is 43.2 Å². The van der Waals surface area contributed by atoms with Crippen LogP contribution in [0.4, 0.5) is 0 Å². The third-order valence-electron chi connectivity index (χ3n) is 4.53. The molecule has 1 aromatic rings. The Hall–Kier alpha value is -1.02. The first-order valence-corrected chi connectivity index (χ1v) is 7.24. The number of ether oxygens (including phenoxy) is 1. The summed E-state index contributed by atoms with van der Waals surface area (Å²) in [5.41, 5.74) is 2.98. The standard InChI is InChI=1S/C16H23NO/c1-3-11-10-16(11)17-15-6-4-5-12-9-13(18-2)7-8-14(12)15/h7-9,11,15-17H,3-6,10H2,1-2H3. The Morgan fingerprint density at radius 3 is 3.00 bits per heavy atom. The molecule has 0 radical (unpaired) electrons. The summed E-state index contributed by atoms with van der Waals surface area (Å²) in [6.07, 6.45) is 6.47. The second kappa shape index (κ2) is 4.93. The topological polar surface area (TPSA) is 21.3 Å². The van der Waals surface area contributed by atoms with E-state index in [4.69, 9.17) is 4.74 Å². The lowest BCUT2D eigenvalue weighted by Gasteiger charge is -2.27. The van der Waals surface area contributed by atoms with E-state index in [1.54, 1.807) is 7.11 Å². The summed E-state index contributed by atoms with van der Waals surface area (Å²) in [4.78, 5) is 0. The van der Waals surface area contributed by atoms with Gasteiger partial charge in [-0.05, 0) is 54.9 Å². The van der Waals surface area contributed by atoms with Crippen molar-refractivity contribution in [2.24, 2.45) is 5.92 Å². The highest BCUT2D eigenvalue weighted by Crippen LogP contribution is 2.38. The van der Waals surface area contributed by atoms with Crippen LogP contribution in [0.25, 0.3) is 0 Å². The molecule has 2 heteroatoms. The molecule has 2 aliphatic carbocycles. The molecule has 0 spiro atoms. The first-order chi connectivity index (χ1) is 8.81. The van der Waals surface area contributed by atoms with Gasteiger partial charge in [0.15, 0.2) is 0 Å². The quantitative estimate of drug-likeness (QED) is 0.877. The predicted molar refractivity (Wildman–Crippen MR) is 74.0 cm³/mol. The SMILES string of the molecule is CCC1CC1NC1CCCc2cc(OC)ccc21. The van der Waals surface area contributed by atoms with Gasteiger partial charge >= 0.3 is 0 Å². The minimum atomic E-state index is 0.571. The molecule has 3 atom stereocenters. The Labute approximate surface area is 110 Å². The van der Waals surface area contributed by atoms with Crippen molar-refractivity contribution in [1.82, 2.24) is 5.32 Å². The van der Waals surface area contributed by atoms with E-state index in [1.807, 2.05) is 0 Å². The highest BCUT2D eigenvalue weighted by Gasteiger charge is 2.37. The van der Waals surface area contributed by atoms with Crippen LogP contribution in [0.3, 0.4) is 0 Å². The molecule has 1 aromatic carbocycles. The fraction of sp³-hybridized carbons (Fsp3) is 0.625. The van der Waals surface area contributed by atoms with Gasteiger partial charge in [-0.1, -0.05) is 19.4 Å². The van der Waals surface area contributed by atoms with E-state index in [9.17, 15) is 0 Å². The van der Waals surface area contributed by atoms with Crippen LogP contribution in [-0.4, -0.2) is 13.2 Å². The molecule has 0 amide bonds. The van der Waals surface area contributed by atoms with Crippen LogP contribution in [0.2, 0.25) is 0 Å². The molecule has 2 aliphatic rings. The molecule has 0 heterocycles. The second-order valence-corrected chi connectivity index (χ2v) is 5.69. The number of hydrogen-bond acceptors (Lipinski definition) is 2. The molecule has 18 heavy (non-hydrogen) atoms. The third kappa shape index (κ3) is 2.26. The van der Waals surface area contributed by atoms with Crippen molar-refractivity contribution in [1.29, 1.82) is 0 Å². The summed E-state index contributed by atoms with van der Waals surface area (Å²) in [6, 6.07) is 7.92. The van der Waals surface area contributed by atoms with Crippen LogP contribution >= 0.6 is 0 Å². The van der Waals surface area contributed by atoms with Crippen molar-refractivity contribution >= 4 is 0 Å². The zero-order valence-corrected chi connectivity index (χ0v) is 11.4. The summed E-state index contributed by atoms with van der Waals surface area (Å²) in [7, 11) is 1.75. The zero-order valence-electron chi connectivity index (χ0n) is 11.4. The molecule has 2 nitrogen and oxygen atoms in total. The van der Waals surface area contributed by atoms with Crippen molar-refractivity contribution in [3.8, 4) is 5.75 Å². The summed E-state index contributed by atoms with van der Waals surface area (Å²) >= 11 is 0. The zero-order chi connectivity index (χ0) is 12.5. The number of benzene rings is 1. The molecule has 3 unspecified atom stereocenters. The van der Waals surface area contributed by atoms with Crippen molar-refractivity contribution in [2.45, 2.75) is 51.1 Å².